The molecule has 0 N–H and O–H groups in total. The lowest BCUT2D eigenvalue weighted by atomic mass is 9.76. The predicted octanol–water partition coefficient (Wildman–Crippen LogP) is 3.10. The molecule has 0 bridgehead atoms. The van der Waals surface area contributed by atoms with Crippen molar-refractivity contribution in [2.45, 2.75) is 52.0 Å². The average Bonchev–Trinajstić information content (AvgIpc) is 2.65. The third-order valence-corrected chi connectivity index (χ3v) is 4.67. The molecule has 1 saturated heterocycles. The Bertz CT molecular complexity index is 652. The molecule has 0 unspecified atom stereocenters. The van der Waals surface area contributed by atoms with Crippen LogP contribution in [0.2, 0.25) is 0 Å². The fraction of sp³-hybridized carbons (Fsp3) is 0.562. The number of hydrogen-bond acceptors (Lipinski definition) is 4. The van der Waals surface area contributed by atoms with Crippen molar-refractivity contribution in [1.82, 2.24) is 0 Å². The number of carbonyl (C=O) groups is 1. The summed E-state index contributed by atoms with van der Waals surface area (Å²) in [5.41, 5.74) is -2.52. The topological polar surface area (TPSA) is 44.8 Å². The zero-order valence-electron chi connectivity index (χ0n) is 14.5. The fourth-order valence-electron chi connectivity index (χ4n) is 2.47. The molecule has 0 saturated carbocycles. The van der Waals surface area contributed by atoms with Crippen LogP contribution in [0.1, 0.15) is 49.2 Å². The molecule has 4 nitrogen and oxygen atoms in total. The summed E-state index contributed by atoms with van der Waals surface area (Å²) in [6.07, 6.45) is -4.60. The summed E-state index contributed by atoms with van der Waals surface area (Å²) in [5, 5.41) is 0. The Hall–Kier alpha value is -1.54. The maximum atomic E-state index is 13.3. The van der Waals surface area contributed by atoms with E-state index in [9.17, 15) is 18.0 Å². The molecule has 2 rings (SSSR count). The average molecular weight is 344 g/mol. The zero-order chi connectivity index (χ0) is 18.5. The molecule has 24 heavy (non-hydrogen) atoms. The minimum atomic E-state index is -4.60. The van der Waals surface area contributed by atoms with Gasteiger partial charge in [-0.1, -0.05) is 0 Å². The second-order valence-electron chi connectivity index (χ2n) is 6.82. The number of alkyl halides is 3. The van der Waals surface area contributed by atoms with E-state index in [0.29, 0.717) is 0 Å². The van der Waals surface area contributed by atoms with Crippen LogP contribution in [0.25, 0.3) is 0 Å². The molecule has 1 aliphatic heterocycles. The quantitative estimate of drug-likeness (QED) is 0.611. The maximum absolute atomic E-state index is 13.3. The van der Waals surface area contributed by atoms with Crippen LogP contribution in [0.4, 0.5) is 13.2 Å². The van der Waals surface area contributed by atoms with Crippen molar-refractivity contribution in [2.24, 2.45) is 0 Å². The van der Waals surface area contributed by atoms with Gasteiger partial charge in [0.15, 0.2) is 0 Å². The van der Waals surface area contributed by atoms with Crippen molar-refractivity contribution < 1.29 is 32.0 Å². The number of ether oxygens (including phenoxy) is 1. The molecule has 0 spiro atoms. The first-order valence-corrected chi connectivity index (χ1v) is 7.46. The first-order valence-electron chi connectivity index (χ1n) is 7.46. The first kappa shape index (κ1) is 18.8. The van der Waals surface area contributed by atoms with Gasteiger partial charge >= 0.3 is 19.3 Å². The summed E-state index contributed by atoms with van der Waals surface area (Å²) < 4.78 is 56.2. The summed E-state index contributed by atoms with van der Waals surface area (Å²) in [6, 6.07) is 2.29. The lowest BCUT2D eigenvalue weighted by Gasteiger charge is -2.32. The van der Waals surface area contributed by atoms with Gasteiger partial charge in [0.2, 0.25) is 0 Å². The van der Waals surface area contributed by atoms with Crippen LogP contribution in [0, 0.1) is 6.92 Å². The number of carbonyl (C=O) groups excluding carboxylic acids is 1. The Morgan fingerprint density at radius 3 is 2.04 bits per heavy atom. The molecule has 1 heterocycles. The maximum Gasteiger partial charge on any atom is 0.494 e. The van der Waals surface area contributed by atoms with E-state index in [-0.39, 0.29) is 16.6 Å². The smallest absolute Gasteiger partial charge is 0.465 e. The summed E-state index contributed by atoms with van der Waals surface area (Å²) in [6.45, 7) is 8.43. The van der Waals surface area contributed by atoms with E-state index in [2.05, 4.69) is 4.74 Å². The van der Waals surface area contributed by atoms with Gasteiger partial charge in [-0.25, -0.2) is 4.79 Å². The van der Waals surface area contributed by atoms with E-state index >= 15 is 0 Å². The Kier molecular flexibility index (Phi) is 4.52. The Balaban J connectivity index is 2.58. The Morgan fingerprint density at radius 2 is 1.62 bits per heavy atom. The molecule has 0 atom stereocenters. The van der Waals surface area contributed by atoms with Crippen LogP contribution < -0.4 is 5.46 Å². The number of esters is 1. The van der Waals surface area contributed by atoms with E-state index < -0.39 is 36.0 Å². The number of hydrogen-bond donors (Lipinski definition) is 0. The number of halogens is 3. The van der Waals surface area contributed by atoms with Crippen molar-refractivity contribution in [3.8, 4) is 0 Å². The highest BCUT2D eigenvalue weighted by molar-refractivity contribution is 6.62. The molecule has 0 radical (unpaired) electrons. The third-order valence-electron chi connectivity index (χ3n) is 4.67. The van der Waals surface area contributed by atoms with Crippen molar-refractivity contribution in [3.63, 3.8) is 0 Å². The van der Waals surface area contributed by atoms with Gasteiger partial charge in [0, 0.05) is 0 Å². The highest BCUT2D eigenvalue weighted by atomic mass is 19.4. The number of rotatable bonds is 2. The normalized spacial score (nSPS) is 19.5. The highest BCUT2D eigenvalue weighted by Crippen LogP contribution is 2.38. The van der Waals surface area contributed by atoms with Crippen LogP contribution in [-0.4, -0.2) is 31.4 Å². The lowest BCUT2D eigenvalue weighted by molar-refractivity contribution is -0.138. The number of methoxy groups -OCH3 is 1. The SMILES string of the molecule is COC(=O)c1cc(B2OC(C)(C)C(C)(C)O2)cc(C(F)(F)F)c1C. The third kappa shape index (κ3) is 3.17. The van der Waals surface area contributed by atoms with E-state index in [4.69, 9.17) is 9.31 Å². The molecule has 0 amide bonds. The predicted molar refractivity (Wildman–Crippen MR) is 83.2 cm³/mol. The van der Waals surface area contributed by atoms with E-state index in [0.717, 1.165) is 13.2 Å². The van der Waals surface area contributed by atoms with Crippen LogP contribution in [0.15, 0.2) is 12.1 Å². The van der Waals surface area contributed by atoms with Gasteiger partial charge in [0.05, 0.1) is 29.4 Å². The second-order valence-corrected chi connectivity index (χ2v) is 6.82. The minimum absolute atomic E-state index is 0.131. The largest absolute Gasteiger partial charge is 0.494 e. The van der Waals surface area contributed by atoms with Crippen molar-refractivity contribution in [2.75, 3.05) is 7.11 Å². The summed E-state index contributed by atoms with van der Waals surface area (Å²) in [4.78, 5) is 11.9. The molecule has 0 aromatic heterocycles. The van der Waals surface area contributed by atoms with Gasteiger partial charge in [-0.3, -0.25) is 0 Å². The van der Waals surface area contributed by atoms with Crippen LogP contribution >= 0.6 is 0 Å². The molecular weight excluding hydrogens is 324 g/mol. The molecule has 0 aliphatic carbocycles. The molecule has 1 aliphatic rings. The first-order chi connectivity index (χ1) is 10.8. The van der Waals surface area contributed by atoms with Gasteiger partial charge < -0.3 is 14.0 Å². The van der Waals surface area contributed by atoms with Gasteiger partial charge in [0.25, 0.3) is 0 Å². The fourth-order valence-corrected chi connectivity index (χ4v) is 2.47. The summed E-state index contributed by atoms with van der Waals surface area (Å²) in [5.74, 6) is -0.837. The molecule has 1 aromatic carbocycles. The zero-order valence-corrected chi connectivity index (χ0v) is 14.5. The second kappa shape index (κ2) is 5.77. The van der Waals surface area contributed by atoms with E-state index in [1.165, 1.54) is 13.0 Å². The van der Waals surface area contributed by atoms with E-state index in [1.807, 2.05) is 0 Å². The Labute approximate surface area is 139 Å². The van der Waals surface area contributed by atoms with Crippen LogP contribution in [-0.2, 0) is 20.2 Å². The molecule has 1 fully saturated rings. The van der Waals surface area contributed by atoms with Gasteiger partial charge in [-0.15, -0.1) is 0 Å². The molecule has 8 heteroatoms. The standard InChI is InChI=1S/C16H20BF3O4/c1-9-11(13(21)22-6)7-10(8-12(9)16(18,19)20)17-23-14(2,3)15(4,5)24-17/h7-8H,1-6H3. The number of benzene rings is 1. The van der Waals surface area contributed by atoms with Crippen LogP contribution in [0.5, 0.6) is 0 Å². The summed E-state index contributed by atoms with van der Waals surface area (Å²) in [7, 11) is 0.122. The Morgan fingerprint density at radius 1 is 1.12 bits per heavy atom. The van der Waals surface area contributed by atoms with Crippen molar-refractivity contribution >= 4 is 18.6 Å². The minimum Gasteiger partial charge on any atom is -0.465 e. The van der Waals surface area contributed by atoms with Crippen molar-refractivity contribution in [3.05, 3.63) is 28.8 Å². The van der Waals surface area contributed by atoms with Gasteiger partial charge in [-0.2, -0.15) is 13.2 Å². The molecule has 1 aromatic rings. The van der Waals surface area contributed by atoms with E-state index in [1.54, 1.807) is 27.7 Å². The van der Waals surface area contributed by atoms with Crippen molar-refractivity contribution in [1.29, 1.82) is 0 Å². The molecular formula is C16H20BF3O4. The lowest BCUT2D eigenvalue weighted by Crippen LogP contribution is -2.41. The summed E-state index contributed by atoms with van der Waals surface area (Å²) >= 11 is 0. The van der Waals surface area contributed by atoms with Crippen LogP contribution in [0.3, 0.4) is 0 Å². The monoisotopic (exact) mass is 344 g/mol. The highest BCUT2D eigenvalue weighted by Gasteiger charge is 2.52. The van der Waals surface area contributed by atoms with Gasteiger partial charge in [-0.05, 0) is 57.8 Å². The molecule has 132 valence electrons. The van der Waals surface area contributed by atoms with Gasteiger partial charge in [0.1, 0.15) is 0 Å².